The van der Waals surface area contributed by atoms with Crippen LogP contribution >= 0.6 is 0 Å². The van der Waals surface area contributed by atoms with Crippen molar-refractivity contribution in [2.24, 2.45) is 0 Å². The van der Waals surface area contributed by atoms with E-state index in [4.69, 9.17) is 5.26 Å². The van der Waals surface area contributed by atoms with Gasteiger partial charge < -0.3 is 10.0 Å². The highest BCUT2D eigenvalue weighted by Crippen LogP contribution is 2.18. The first kappa shape index (κ1) is 9.56. The first-order valence-corrected chi connectivity index (χ1v) is 4.04. The monoisotopic (exact) mass is 176 g/mol. The molecule has 0 radical (unpaired) electrons. The van der Waals surface area contributed by atoms with Crippen LogP contribution in [0.1, 0.15) is 6.92 Å². The highest BCUT2D eigenvalue weighted by molar-refractivity contribution is 5.42. The zero-order chi connectivity index (χ0) is 9.84. The molecule has 0 saturated carbocycles. The molecule has 0 bridgehead atoms. The highest BCUT2D eigenvalue weighted by Gasteiger charge is 2.16. The fourth-order valence-corrected chi connectivity index (χ4v) is 1.18. The zero-order valence-corrected chi connectivity index (χ0v) is 7.57. The molecular weight excluding hydrogens is 164 g/mol. The fraction of sp³-hybridized carbons (Fsp3) is 0.300. The number of aliphatic hydroxyl groups is 1. The van der Waals surface area contributed by atoms with E-state index in [2.05, 4.69) is 12.6 Å². The van der Waals surface area contributed by atoms with Crippen LogP contribution < -0.4 is 0 Å². The maximum Gasteiger partial charge on any atom is 0.146 e. The van der Waals surface area contributed by atoms with Gasteiger partial charge in [0, 0.05) is 12.7 Å². The molecule has 1 aliphatic rings. The van der Waals surface area contributed by atoms with Crippen molar-refractivity contribution in [3.63, 3.8) is 0 Å². The summed E-state index contributed by atoms with van der Waals surface area (Å²) >= 11 is 0. The Hall–Kier alpha value is -1.53. The normalized spacial score (nSPS) is 21.6. The van der Waals surface area contributed by atoms with E-state index in [9.17, 15) is 5.11 Å². The van der Waals surface area contributed by atoms with Crippen molar-refractivity contribution in [2.75, 3.05) is 6.54 Å². The van der Waals surface area contributed by atoms with E-state index in [1.807, 2.05) is 6.92 Å². The molecule has 0 saturated heterocycles. The Kier molecular flexibility index (Phi) is 2.88. The van der Waals surface area contributed by atoms with Gasteiger partial charge in [-0.15, -0.1) is 6.58 Å². The molecule has 0 aromatic rings. The van der Waals surface area contributed by atoms with Gasteiger partial charge in [0.1, 0.15) is 12.3 Å². The Morgan fingerprint density at radius 3 is 3.08 bits per heavy atom. The van der Waals surface area contributed by atoms with E-state index in [1.54, 1.807) is 23.3 Å². The molecule has 1 unspecified atom stereocenters. The van der Waals surface area contributed by atoms with Gasteiger partial charge in [-0.05, 0) is 18.6 Å². The summed E-state index contributed by atoms with van der Waals surface area (Å²) in [6.07, 6.45) is 4.35. The third-order valence-corrected chi connectivity index (χ3v) is 1.92. The maximum absolute atomic E-state index is 9.53. The third kappa shape index (κ3) is 1.98. The van der Waals surface area contributed by atoms with E-state index in [0.29, 0.717) is 12.1 Å². The lowest BCUT2D eigenvalue weighted by Crippen LogP contribution is -2.31. The summed E-state index contributed by atoms with van der Waals surface area (Å²) in [7, 11) is 0. The van der Waals surface area contributed by atoms with Crippen LogP contribution in [0.25, 0.3) is 0 Å². The Bertz CT molecular complexity index is 309. The standard InChI is InChI=1S/C10H12N2O/c1-3-4-12-7-9(6-11)8(2)5-10(12)13/h3,5,7,10,13H,1,4H2,2H3. The first-order chi connectivity index (χ1) is 6.19. The molecule has 1 rings (SSSR count). The molecule has 3 nitrogen and oxygen atoms in total. The van der Waals surface area contributed by atoms with E-state index in [-0.39, 0.29) is 0 Å². The Morgan fingerprint density at radius 2 is 2.54 bits per heavy atom. The molecule has 1 N–H and O–H groups in total. The second kappa shape index (κ2) is 3.92. The molecule has 1 atom stereocenters. The van der Waals surface area contributed by atoms with E-state index in [0.717, 1.165) is 5.57 Å². The molecule has 0 spiro atoms. The number of hydrogen-bond acceptors (Lipinski definition) is 3. The first-order valence-electron chi connectivity index (χ1n) is 4.04. The zero-order valence-electron chi connectivity index (χ0n) is 7.57. The third-order valence-electron chi connectivity index (χ3n) is 1.92. The minimum atomic E-state index is -0.643. The molecular formula is C10H12N2O. The summed E-state index contributed by atoms with van der Waals surface area (Å²) in [6, 6.07) is 2.07. The summed E-state index contributed by atoms with van der Waals surface area (Å²) in [5.41, 5.74) is 1.41. The lowest BCUT2D eigenvalue weighted by atomic mass is 10.1. The number of nitrogens with zero attached hydrogens (tertiary/aromatic N) is 2. The molecule has 0 aromatic carbocycles. The summed E-state index contributed by atoms with van der Waals surface area (Å²) in [5.74, 6) is 0. The largest absolute Gasteiger partial charge is 0.370 e. The number of hydrogen-bond donors (Lipinski definition) is 1. The van der Waals surface area contributed by atoms with Gasteiger partial charge in [0.05, 0.1) is 5.57 Å². The van der Waals surface area contributed by atoms with Crippen molar-refractivity contribution in [1.29, 1.82) is 5.26 Å². The number of rotatable bonds is 2. The molecule has 3 heteroatoms. The molecule has 0 fully saturated rings. The van der Waals surface area contributed by atoms with Gasteiger partial charge in [-0.25, -0.2) is 0 Å². The minimum absolute atomic E-state index is 0.538. The number of nitriles is 1. The topological polar surface area (TPSA) is 47.3 Å². The average molecular weight is 176 g/mol. The van der Waals surface area contributed by atoms with Crippen LogP contribution in [0.2, 0.25) is 0 Å². The van der Waals surface area contributed by atoms with Crippen molar-refractivity contribution >= 4 is 0 Å². The minimum Gasteiger partial charge on any atom is -0.370 e. The second-order valence-electron chi connectivity index (χ2n) is 2.90. The number of aliphatic hydroxyl groups excluding tert-OH is 1. The van der Waals surface area contributed by atoms with Crippen molar-refractivity contribution in [1.82, 2.24) is 4.90 Å². The second-order valence-corrected chi connectivity index (χ2v) is 2.90. The molecule has 1 heterocycles. The van der Waals surface area contributed by atoms with Crippen LogP contribution in [0.3, 0.4) is 0 Å². The van der Waals surface area contributed by atoms with Crippen molar-refractivity contribution in [3.8, 4) is 6.07 Å². The molecule has 1 aliphatic heterocycles. The van der Waals surface area contributed by atoms with Crippen LogP contribution in [0, 0.1) is 11.3 Å². The molecule has 0 aromatic heterocycles. The van der Waals surface area contributed by atoms with Gasteiger partial charge in [0.2, 0.25) is 0 Å². The van der Waals surface area contributed by atoms with Crippen LogP contribution in [-0.4, -0.2) is 22.8 Å². The Balaban J connectivity index is 2.88. The SMILES string of the molecule is C=CCN1C=C(C#N)C(C)=CC1O. The molecule has 68 valence electrons. The summed E-state index contributed by atoms with van der Waals surface area (Å²) in [6.45, 7) is 5.92. The molecule has 13 heavy (non-hydrogen) atoms. The van der Waals surface area contributed by atoms with E-state index >= 15 is 0 Å². The van der Waals surface area contributed by atoms with Crippen molar-refractivity contribution < 1.29 is 5.11 Å². The van der Waals surface area contributed by atoms with Gasteiger partial charge in [-0.2, -0.15) is 5.26 Å². The van der Waals surface area contributed by atoms with Crippen LogP contribution in [0.15, 0.2) is 36.1 Å². The average Bonchev–Trinajstić information content (AvgIpc) is 2.10. The van der Waals surface area contributed by atoms with Crippen LogP contribution in [-0.2, 0) is 0 Å². The smallest absolute Gasteiger partial charge is 0.146 e. The Morgan fingerprint density at radius 1 is 1.85 bits per heavy atom. The van der Waals surface area contributed by atoms with Gasteiger partial charge in [-0.3, -0.25) is 0 Å². The number of allylic oxidation sites excluding steroid dienone is 2. The van der Waals surface area contributed by atoms with E-state index < -0.39 is 6.23 Å². The van der Waals surface area contributed by atoms with Crippen molar-refractivity contribution in [3.05, 3.63) is 36.1 Å². The summed E-state index contributed by atoms with van der Waals surface area (Å²) < 4.78 is 0. The fourth-order valence-electron chi connectivity index (χ4n) is 1.18. The predicted octanol–water partition coefficient (Wildman–Crippen LogP) is 1.16. The van der Waals surface area contributed by atoms with Crippen LogP contribution in [0.5, 0.6) is 0 Å². The quantitative estimate of drug-likeness (QED) is 0.642. The van der Waals surface area contributed by atoms with Gasteiger partial charge >= 0.3 is 0 Å². The Labute approximate surface area is 77.9 Å². The summed E-state index contributed by atoms with van der Waals surface area (Å²) in [5, 5.41) is 18.3. The summed E-state index contributed by atoms with van der Waals surface area (Å²) in [4.78, 5) is 1.65. The maximum atomic E-state index is 9.53. The lowest BCUT2D eigenvalue weighted by Gasteiger charge is -2.27. The van der Waals surface area contributed by atoms with E-state index in [1.165, 1.54) is 0 Å². The highest BCUT2D eigenvalue weighted by atomic mass is 16.3. The predicted molar refractivity (Wildman–Crippen MR) is 50.4 cm³/mol. The van der Waals surface area contributed by atoms with Crippen LogP contribution in [0.4, 0.5) is 0 Å². The molecule has 0 aliphatic carbocycles. The van der Waals surface area contributed by atoms with Gasteiger partial charge in [0.25, 0.3) is 0 Å². The van der Waals surface area contributed by atoms with Crippen molar-refractivity contribution in [2.45, 2.75) is 13.2 Å². The lowest BCUT2D eigenvalue weighted by molar-refractivity contribution is 0.0849. The van der Waals surface area contributed by atoms with Gasteiger partial charge in [0.15, 0.2) is 0 Å². The van der Waals surface area contributed by atoms with Gasteiger partial charge in [-0.1, -0.05) is 6.08 Å². The molecule has 0 amide bonds.